The molecule has 3 aromatic rings. The highest BCUT2D eigenvalue weighted by molar-refractivity contribution is 7.13. The number of anilines is 1. The molecule has 2 heterocycles. The summed E-state index contributed by atoms with van der Waals surface area (Å²) in [6.07, 6.45) is 0.702. The van der Waals surface area contributed by atoms with Gasteiger partial charge in [0.15, 0.2) is 11.5 Å². The second-order valence-corrected chi connectivity index (χ2v) is 6.61. The van der Waals surface area contributed by atoms with Gasteiger partial charge in [0.1, 0.15) is 11.1 Å². The molecule has 2 unspecified atom stereocenters. The number of nitrogens with zero attached hydrogens (tertiary/aromatic N) is 1. The van der Waals surface area contributed by atoms with E-state index in [0.717, 1.165) is 10.6 Å². The van der Waals surface area contributed by atoms with Gasteiger partial charge in [0.25, 0.3) is 5.91 Å². The molecule has 4 rings (SSSR count). The van der Waals surface area contributed by atoms with Crippen molar-refractivity contribution in [1.82, 2.24) is 4.98 Å². The van der Waals surface area contributed by atoms with Gasteiger partial charge in [-0.1, -0.05) is 12.1 Å². The van der Waals surface area contributed by atoms with Crippen molar-refractivity contribution in [2.75, 3.05) is 5.32 Å². The van der Waals surface area contributed by atoms with Crippen molar-refractivity contribution in [3.05, 3.63) is 60.1 Å². The minimum absolute atomic E-state index is 0.232. The summed E-state index contributed by atoms with van der Waals surface area (Å²) in [4.78, 5) is 16.9. The smallest absolute Gasteiger partial charge is 0.269 e. The van der Waals surface area contributed by atoms with Gasteiger partial charge in [-0.2, -0.15) is 0 Å². The molecular formula is C19H16N2O3S. The standard InChI is InChI=1S/C19H16N2O3S/c1-12-17(24-16-5-3-2-4-15(16)23-12)18(22)21-14-8-6-13(7-9-14)19-20-10-11-25-19/h2-12,17H,1H3,(H,21,22). The number of ether oxygens (including phenoxy) is 2. The molecule has 126 valence electrons. The molecule has 0 aliphatic carbocycles. The maximum atomic E-state index is 12.6. The van der Waals surface area contributed by atoms with Crippen molar-refractivity contribution < 1.29 is 14.3 Å². The van der Waals surface area contributed by atoms with E-state index in [1.54, 1.807) is 23.6 Å². The molecule has 0 radical (unpaired) electrons. The third-order valence-electron chi connectivity index (χ3n) is 3.93. The first-order valence-electron chi connectivity index (χ1n) is 7.94. The van der Waals surface area contributed by atoms with Crippen molar-refractivity contribution in [2.45, 2.75) is 19.1 Å². The van der Waals surface area contributed by atoms with Crippen LogP contribution in [-0.2, 0) is 4.79 Å². The molecule has 1 aromatic heterocycles. The Balaban J connectivity index is 1.47. The Hall–Kier alpha value is -2.86. The molecule has 0 spiro atoms. The largest absolute Gasteiger partial charge is 0.482 e. The number of carbonyl (C=O) groups is 1. The van der Waals surface area contributed by atoms with Gasteiger partial charge in [-0.15, -0.1) is 11.3 Å². The molecule has 1 aliphatic heterocycles. The summed E-state index contributed by atoms with van der Waals surface area (Å²) in [5.41, 5.74) is 1.73. The second-order valence-electron chi connectivity index (χ2n) is 5.71. The summed E-state index contributed by atoms with van der Waals surface area (Å²) in [6, 6.07) is 14.9. The fourth-order valence-electron chi connectivity index (χ4n) is 2.68. The Morgan fingerprint density at radius 1 is 1.08 bits per heavy atom. The number of hydrogen-bond donors (Lipinski definition) is 1. The zero-order valence-electron chi connectivity index (χ0n) is 13.5. The number of thiazole rings is 1. The molecule has 1 aliphatic rings. The Morgan fingerprint density at radius 2 is 1.80 bits per heavy atom. The minimum atomic E-state index is -0.700. The molecule has 2 aromatic carbocycles. The highest BCUT2D eigenvalue weighted by Gasteiger charge is 2.34. The predicted octanol–water partition coefficient (Wildman–Crippen LogP) is 3.98. The van der Waals surface area contributed by atoms with Crippen molar-refractivity contribution in [1.29, 1.82) is 0 Å². The third-order valence-corrected chi connectivity index (χ3v) is 4.75. The SMILES string of the molecule is CC1Oc2ccccc2OC1C(=O)Nc1ccc(-c2nccs2)cc1. The number of amides is 1. The van der Waals surface area contributed by atoms with E-state index in [1.807, 2.05) is 54.8 Å². The quantitative estimate of drug-likeness (QED) is 0.775. The molecule has 1 N–H and O–H groups in total. The fraction of sp³-hybridized carbons (Fsp3) is 0.158. The van der Waals surface area contributed by atoms with Crippen LogP contribution in [0.15, 0.2) is 60.1 Å². The summed E-state index contributed by atoms with van der Waals surface area (Å²) in [5.74, 6) is 1.01. The van der Waals surface area contributed by atoms with Crippen LogP contribution in [0.3, 0.4) is 0 Å². The van der Waals surface area contributed by atoms with E-state index in [0.29, 0.717) is 17.2 Å². The summed E-state index contributed by atoms with van der Waals surface area (Å²) in [5, 5.41) is 5.77. The van der Waals surface area contributed by atoms with Crippen LogP contribution in [0.4, 0.5) is 5.69 Å². The van der Waals surface area contributed by atoms with Crippen molar-refractivity contribution in [3.63, 3.8) is 0 Å². The molecule has 0 saturated carbocycles. The summed E-state index contributed by atoms with van der Waals surface area (Å²) in [6.45, 7) is 1.83. The van der Waals surface area contributed by atoms with Crippen LogP contribution in [0.1, 0.15) is 6.92 Å². The van der Waals surface area contributed by atoms with E-state index in [9.17, 15) is 4.79 Å². The molecular weight excluding hydrogens is 336 g/mol. The average Bonchev–Trinajstić information content (AvgIpc) is 3.16. The second kappa shape index (κ2) is 6.57. The van der Waals surface area contributed by atoms with E-state index in [1.165, 1.54) is 0 Å². The van der Waals surface area contributed by atoms with E-state index >= 15 is 0 Å². The van der Waals surface area contributed by atoms with E-state index in [4.69, 9.17) is 9.47 Å². The number of hydrogen-bond acceptors (Lipinski definition) is 5. The maximum Gasteiger partial charge on any atom is 0.269 e. The zero-order valence-corrected chi connectivity index (χ0v) is 14.3. The lowest BCUT2D eigenvalue weighted by Crippen LogP contribution is -2.46. The van der Waals surface area contributed by atoms with Gasteiger partial charge in [0, 0.05) is 22.8 Å². The summed E-state index contributed by atoms with van der Waals surface area (Å²) >= 11 is 1.58. The van der Waals surface area contributed by atoms with Gasteiger partial charge in [0.2, 0.25) is 6.10 Å². The molecule has 0 saturated heterocycles. The lowest BCUT2D eigenvalue weighted by atomic mass is 10.1. The first kappa shape index (κ1) is 15.7. The van der Waals surface area contributed by atoms with Crippen LogP contribution in [0.25, 0.3) is 10.6 Å². The number of nitrogens with one attached hydrogen (secondary N) is 1. The van der Waals surface area contributed by atoms with Gasteiger partial charge >= 0.3 is 0 Å². The number of carbonyl (C=O) groups excluding carboxylic acids is 1. The van der Waals surface area contributed by atoms with Gasteiger partial charge < -0.3 is 14.8 Å². The number of benzene rings is 2. The zero-order chi connectivity index (χ0) is 17.2. The van der Waals surface area contributed by atoms with Gasteiger partial charge in [-0.3, -0.25) is 4.79 Å². The lowest BCUT2D eigenvalue weighted by molar-refractivity contribution is -0.128. The van der Waals surface area contributed by atoms with E-state index < -0.39 is 6.10 Å². The number of aromatic nitrogens is 1. The number of fused-ring (bicyclic) bond motifs is 1. The number of para-hydroxylation sites is 2. The van der Waals surface area contributed by atoms with Crippen LogP contribution < -0.4 is 14.8 Å². The van der Waals surface area contributed by atoms with Crippen molar-refractivity contribution in [2.24, 2.45) is 0 Å². The normalized spacial score (nSPS) is 18.6. The first-order chi connectivity index (χ1) is 12.2. The Labute approximate surface area is 149 Å². The minimum Gasteiger partial charge on any atom is -0.482 e. The Morgan fingerprint density at radius 3 is 2.48 bits per heavy atom. The van der Waals surface area contributed by atoms with Crippen LogP contribution >= 0.6 is 11.3 Å². The third kappa shape index (κ3) is 3.21. The van der Waals surface area contributed by atoms with E-state index in [2.05, 4.69) is 10.3 Å². The number of rotatable bonds is 3. The molecule has 25 heavy (non-hydrogen) atoms. The molecule has 0 bridgehead atoms. The fourth-order valence-corrected chi connectivity index (χ4v) is 3.33. The molecule has 1 amide bonds. The lowest BCUT2D eigenvalue weighted by Gasteiger charge is -2.31. The predicted molar refractivity (Wildman–Crippen MR) is 97.1 cm³/mol. The monoisotopic (exact) mass is 352 g/mol. The topological polar surface area (TPSA) is 60.5 Å². The van der Waals surface area contributed by atoms with Crippen LogP contribution in [-0.4, -0.2) is 23.1 Å². The van der Waals surface area contributed by atoms with E-state index in [-0.39, 0.29) is 12.0 Å². The van der Waals surface area contributed by atoms with Gasteiger partial charge in [-0.25, -0.2) is 4.98 Å². The summed E-state index contributed by atoms with van der Waals surface area (Å²) < 4.78 is 11.6. The average molecular weight is 352 g/mol. The van der Waals surface area contributed by atoms with Gasteiger partial charge in [-0.05, 0) is 43.3 Å². The highest BCUT2D eigenvalue weighted by atomic mass is 32.1. The Bertz CT molecular complexity index is 878. The van der Waals surface area contributed by atoms with Crippen LogP contribution in [0, 0.1) is 0 Å². The van der Waals surface area contributed by atoms with Crippen molar-refractivity contribution in [3.8, 4) is 22.1 Å². The van der Waals surface area contributed by atoms with Crippen LogP contribution in [0.2, 0.25) is 0 Å². The maximum absolute atomic E-state index is 12.6. The molecule has 5 nitrogen and oxygen atoms in total. The molecule has 2 atom stereocenters. The van der Waals surface area contributed by atoms with Crippen molar-refractivity contribution >= 4 is 22.9 Å². The Kier molecular flexibility index (Phi) is 4.11. The van der Waals surface area contributed by atoms with Gasteiger partial charge in [0.05, 0.1) is 0 Å². The highest BCUT2D eigenvalue weighted by Crippen LogP contribution is 2.33. The summed E-state index contributed by atoms with van der Waals surface area (Å²) in [7, 11) is 0. The molecule has 0 fully saturated rings. The first-order valence-corrected chi connectivity index (χ1v) is 8.82. The van der Waals surface area contributed by atoms with Crippen LogP contribution in [0.5, 0.6) is 11.5 Å². The molecule has 6 heteroatoms.